The molecule has 0 atom stereocenters. The van der Waals surface area contributed by atoms with E-state index in [1.165, 1.54) is 6.07 Å². The highest BCUT2D eigenvalue weighted by molar-refractivity contribution is 5.66. The summed E-state index contributed by atoms with van der Waals surface area (Å²) in [7, 11) is 0. The van der Waals surface area contributed by atoms with Gasteiger partial charge in [0.2, 0.25) is 6.79 Å². The summed E-state index contributed by atoms with van der Waals surface area (Å²) in [5, 5.41) is 4.22. The molecule has 4 nitrogen and oxygen atoms in total. The van der Waals surface area contributed by atoms with Crippen LogP contribution in [0.25, 0.3) is 16.9 Å². The van der Waals surface area contributed by atoms with E-state index in [0.717, 1.165) is 17.0 Å². The van der Waals surface area contributed by atoms with Gasteiger partial charge in [0.1, 0.15) is 11.5 Å². The van der Waals surface area contributed by atoms with Gasteiger partial charge in [0.05, 0.1) is 11.9 Å². The van der Waals surface area contributed by atoms with Crippen molar-refractivity contribution in [2.45, 2.75) is 0 Å². The monoisotopic (exact) mass is 282 g/mol. The van der Waals surface area contributed by atoms with E-state index in [1.807, 2.05) is 24.3 Å². The summed E-state index contributed by atoms with van der Waals surface area (Å²) in [5.74, 6) is 1.09. The van der Waals surface area contributed by atoms with Crippen molar-refractivity contribution < 1.29 is 13.9 Å². The minimum atomic E-state index is -0.316. The Morgan fingerprint density at radius 2 is 1.86 bits per heavy atom. The van der Waals surface area contributed by atoms with Crippen molar-refractivity contribution in [3.8, 4) is 28.4 Å². The van der Waals surface area contributed by atoms with Crippen molar-refractivity contribution in [2.24, 2.45) is 0 Å². The van der Waals surface area contributed by atoms with Gasteiger partial charge in [0, 0.05) is 5.56 Å². The van der Waals surface area contributed by atoms with E-state index in [4.69, 9.17) is 9.47 Å². The molecular formula is C16H11FN2O2. The zero-order valence-electron chi connectivity index (χ0n) is 11.0. The Kier molecular flexibility index (Phi) is 2.64. The molecule has 104 valence electrons. The maximum absolute atomic E-state index is 14.0. The van der Waals surface area contributed by atoms with Crippen LogP contribution in [0.1, 0.15) is 0 Å². The number of benzene rings is 2. The largest absolute Gasteiger partial charge is 0.454 e. The van der Waals surface area contributed by atoms with Crippen LogP contribution in [-0.4, -0.2) is 16.6 Å². The first-order valence-corrected chi connectivity index (χ1v) is 6.52. The molecule has 0 spiro atoms. The van der Waals surface area contributed by atoms with Gasteiger partial charge in [0.15, 0.2) is 11.5 Å². The molecule has 4 rings (SSSR count). The Bertz CT molecular complexity index is 814. The van der Waals surface area contributed by atoms with Gasteiger partial charge in [-0.2, -0.15) is 5.10 Å². The third kappa shape index (κ3) is 1.94. The van der Waals surface area contributed by atoms with Crippen molar-refractivity contribution >= 4 is 0 Å². The quantitative estimate of drug-likeness (QED) is 0.722. The first kappa shape index (κ1) is 12.0. The molecule has 21 heavy (non-hydrogen) atoms. The molecule has 1 aliphatic rings. The zero-order valence-corrected chi connectivity index (χ0v) is 11.0. The number of rotatable bonds is 2. The summed E-state index contributed by atoms with van der Waals surface area (Å²) in [6.07, 6.45) is 1.65. The van der Waals surface area contributed by atoms with Gasteiger partial charge in [0.25, 0.3) is 0 Å². The Morgan fingerprint density at radius 3 is 2.76 bits per heavy atom. The van der Waals surface area contributed by atoms with Crippen LogP contribution >= 0.6 is 0 Å². The fraction of sp³-hybridized carbons (Fsp3) is 0.0625. The highest BCUT2D eigenvalue weighted by Crippen LogP contribution is 2.36. The van der Waals surface area contributed by atoms with Crippen LogP contribution < -0.4 is 9.47 Å². The predicted molar refractivity (Wildman–Crippen MR) is 75.1 cm³/mol. The van der Waals surface area contributed by atoms with Crippen LogP contribution in [-0.2, 0) is 0 Å². The lowest BCUT2D eigenvalue weighted by Gasteiger charge is -2.09. The van der Waals surface area contributed by atoms with Crippen molar-refractivity contribution in [1.82, 2.24) is 9.78 Å². The van der Waals surface area contributed by atoms with Gasteiger partial charge in [-0.25, -0.2) is 9.07 Å². The summed E-state index contributed by atoms with van der Waals surface area (Å²) >= 11 is 0. The number of hydrogen-bond acceptors (Lipinski definition) is 3. The molecule has 3 aromatic rings. The first-order valence-electron chi connectivity index (χ1n) is 6.52. The standard InChI is InChI=1S/C16H11FN2O2/c17-12-3-1-2-4-14(12)19-13(7-8-18-19)11-5-6-15-16(9-11)21-10-20-15/h1-9H,10H2. The molecule has 5 heteroatoms. The smallest absolute Gasteiger partial charge is 0.231 e. The van der Waals surface area contributed by atoms with E-state index in [2.05, 4.69) is 5.10 Å². The molecule has 2 heterocycles. The molecule has 0 saturated heterocycles. The summed E-state index contributed by atoms with van der Waals surface area (Å²) < 4.78 is 26.2. The highest BCUT2D eigenvalue weighted by atomic mass is 19.1. The second-order valence-electron chi connectivity index (χ2n) is 4.65. The minimum absolute atomic E-state index is 0.228. The Morgan fingerprint density at radius 1 is 1.00 bits per heavy atom. The Hall–Kier alpha value is -2.82. The predicted octanol–water partition coefficient (Wildman–Crippen LogP) is 3.41. The number of hydrogen-bond donors (Lipinski definition) is 0. The normalized spacial score (nSPS) is 12.6. The fourth-order valence-electron chi connectivity index (χ4n) is 2.39. The lowest BCUT2D eigenvalue weighted by molar-refractivity contribution is 0.174. The van der Waals surface area contributed by atoms with Gasteiger partial charge >= 0.3 is 0 Å². The second-order valence-corrected chi connectivity index (χ2v) is 4.65. The molecule has 0 radical (unpaired) electrons. The van der Waals surface area contributed by atoms with Crippen LogP contribution in [0.2, 0.25) is 0 Å². The number of para-hydroxylation sites is 1. The van der Waals surface area contributed by atoms with Crippen molar-refractivity contribution in [3.05, 3.63) is 60.5 Å². The van der Waals surface area contributed by atoms with Crippen LogP contribution in [0.3, 0.4) is 0 Å². The SMILES string of the molecule is Fc1ccccc1-n1nccc1-c1ccc2c(c1)OCO2. The van der Waals surface area contributed by atoms with E-state index in [0.29, 0.717) is 11.4 Å². The Balaban J connectivity index is 1.84. The van der Waals surface area contributed by atoms with E-state index in [1.54, 1.807) is 29.1 Å². The van der Waals surface area contributed by atoms with Gasteiger partial charge in [-0.05, 0) is 36.4 Å². The van der Waals surface area contributed by atoms with Crippen LogP contribution in [0.4, 0.5) is 4.39 Å². The number of aromatic nitrogens is 2. The average molecular weight is 282 g/mol. The van der Waals surface area contributed by atoms with E-state index >= 15 is 0 Å². The topological polar surface area (TPSA) is 36.3 Å². The zero-order chi connectivity index (χ0) is 14.2. The molecule has 0 fully saturated rings. The molecule has 0 saturated carbocycles. The maximum atomic E-state index is 14.0. The van der Waals surface area contributed by atoms with Gasteiger partial charge in [-0.15, -0.1) is 0 Å². The van der Waals surface area contributed by atoms with Gasteiger partial charge in [-0.3, -0.25) is 0 Å². The number of ether oxygens (including phenoxy) is 2. The van der Waals surface area contributed by atoms with Crippen molar-refractivity contribution in [2.75, 3.05) is 6.79 Å². The van der Waals surface area contributed by atoms with Crippen LogP contribution in [0.15, 0.2) is 54.7 Å². The minimum Gasteiger partial charge on any atom is -0.454 e. The summed E-state index contributed by atoms with van der Waals surface area (Å²) in [6.45, 7) is 0.228. The van der Waals surface area contributed by atoms with Crippen LogP contribution in [0, 0.1) is 5.82 Å². The van der Waals surface area contributed by atoms with Crippen LogP contribution in [0.5, 0.6) is 11.5 Å². The molecular weight excluding hydrogens is 271 g/mol. The summed E-state index contributed by atoms with van der Waals surface area (Å²) in [6, 6.07) is 14.0. The molecule has 1 aromatic heterocycles. The third-order valence-electron chi connectivity index (χ3n) is 3.39. The van der Waals surface area contributed by atoms with E-state index in [9.17, 15) is 4.39 Å². The molecule has 1 aliphatic heterocycles. The molecule has 0 bridgehead atoms. The lowest BCUT2D eigenvalue weighted by Crippen LogP contribution is -2.01. The van der Waals surface area contributed by atoms with Gasteiger partial charge in [-0.1, -0.05) is 12.1 Å². The lowest BCUT2D eigenvalue weighted by atomic mass is 10.1. The number of fused-ring (bicyclic) bond motifs is 1. The molecule has 0 aliphatic carbocycles. The third-order valence-corrected chi connectivity index (χ3v) is 3.39. The highest BCUT2D eigenvalue weighted by Gasteiger charge is 2.16. The Labute approximate surface area is 120 Å². The maximum Gasteiger partial charge on any atom is 0.231 e. The molecule has 0 N–H and O–H groups in total. The molecule has 0 amide bonds. The van der Waals surface area contributed by atoms with Crippen molar-refractivity contribution in [1.29, 1.82) is 0 Å². The molecule has 0 unspecified atom stereocenters. The number of halogens is 1. The second kappa shape index (κ2) is 4.63. The number of nitrogens with zero attached hydrogens (tertiary/aromatic N) is 2. The average Bonchev–Trinajstić information content (AvgIpc) is 3.15. The summed E-state index contributed by atoms with van der Waals surface area (Å²) in [5.41, 5.74) is 2.09. The first-order chi connectivity index (χ1) is 10.3. The molecule has 2 aromatic carbocycles. The summed E-state index contributed by atoms with van der Waals surface area (Å²) in [4.78, 5) is 0. The van der Waals surface area contributed by atoms with E-state index in [-0.39, 0.29) is 12.6 Å². The fourth-order valence-corrected chi connectivity index (χ4v) is 2.39. The van der Waals surface area contributed by atoms with E-state index < -0.39 is 0 Å². The van der Waals surface area contributed by atoms with Crippen molar-refractivity contribution in [3.63, 3.8) is 0 Å². The van der Waals surface area contributed by atoms with Gasteiger partial charge < -0.3 is 9.47 Å².